The molecule has 2 N–H and O–H groups in total. The quantitative estimate of drug-likeness (QED) is 0.565. The molecular weight excluding hydrogens is 238 g/mol. The number of hydrogen-bond donors (Lipinski definition) is 2. The molecule has 0 heterocycles. The SMILES string of the molecule is CSC1CCC(NC(=O)C(=O)NCC#N)CC1. The van der Waals surface area contributed by atoms with Gasteiger partial charge >= 0.3 is 11.8 Å². The highest BCUT2D eigenvalue weighted by molar-refractivity contribution is 7.99. The van der Waals surface area contributed by atoms with Crippen LogP contribution >= 0.6 is 11.8 Å². The predicted octanol–water partition coefficient (Wildman–Crippen LogP) is 0.417. The fourth-order valence-corrected chi connectivity index (χ4v) is 2.64. The number of carbonyl (C=O) groups excluding carboxylic acids is 2. The summed E-state index contributed by atoms with van der Waals surface area (Å²) in [6.45, 7) is -0.133. The van der Waals surface area contributed by atoms with Gasteiger partial charge in [-0.15, -0.1) is 0 Å². The lowest BCUT2D eigenvalue weighted by Crippen LogP contribution is -2.46. The maximum absolute atomic E-state index is 11.4. The first-order chi connectivity index (χ1) is 8.17. The van der Waals surface area contributed by atoms with E-state index in [4.69, 9.17) is 5.26 Å². The van der Waals surface area contributed by atoms with E-state index in [1.165, 1.54) is 0 Å². The van der Waals surface area contributed by atoms with E-state index in [1.54, 1.807) is 6.07 Å². The Morgan fingerprint density at radius 3 is 2.47 bits per heavy atom. The number of hydrogen-bond acceptors (Lipinski definition) is 4. The third-order valence-electron chi connectivity index (χ3n) is 2.88. The van der Waals surface area contributed by atoms with Gasteiger partial charge in [0.15, 0.2) is 0 Å². The third kappa shape index (κ3) is 4.65. The lowest BCUT2D eigenvalue weighted by atomic mass is 9.95. The average Bonchev–Trinajstić information content (AvgIpc) is 2.36. The van der Waals surface area contributed by atoms with Crippen LogP contribution < -0.4 is 10.6 Å². The van der Waals surface area contributed by atoms with Gasteiger partial charge in [0.1, 0.15) is 6.54 Å². The monoisotopic (exact) mass is 255 g/mol. The van der Waals surface area contributed by atoms with Crippen LogP contribution in [0, 0.1) is 11.3 Å². The zero-order chi connectivity index (χ0) is 12.7. The van der Waals surface area contributed by atoms with Crippen molar-refractivity contribution in [2.24, 2.45) is 0 Å². The molecule has 0 radical (unpaired) electrons. The minimum atomic E-state index is -0.724. The van der Waals surface area contributed by atoms with Crippen molar-refractivity contribution in [1.29, 1.82) is 5.26 Å². The van der Waals surface area contributed by atoms with Crippen molar-refractivity contribution in [3.63, 3.8) is 0 Å². The Labute approximate surface area is 105 Å². The molecular formula is C11H17N3O2S. The van der Waals surface area contributed by atoms with Crippen molar-refractivity contribution in [3.8, 4) is 6.07 Å². The Morgan fingerprint density at radius 1 is 1.29 bits per heavy atom. The predicted molar refractivity (Wildman–Crippen MR) is 66.3 cm³/mol. The zero-order valence-corrected chi connectivity index (χ0v) is 10.7. The fourth-order valence-electron chi connectivity index (χ4n) is 1.89. The van der Waals surface area contributed by atoms with Gasteiger partial charge in [0.05, 0.1) is 6.07 Å². The normalized spacial score (nSPS) is 23.5. The van der Waals surface area contributed by atoms with Crippen LogP contribution in [0.3, 0.4) is 0 Å². The summed E-state index contributed by atoms with van der Waals surface area (Å²) in [6.07, 6.45) is 6.09. The largest absolute Gasteiger partial charge is 0.345 e. The van der Waals surface area contributed by atoms with E-state index < -0.39 is 11.8 Å². The number of nitriles is 1. The van der Waals surface area contributed by atoms with Crippen LogP contribution in [0.2, 0.25) is 0 Å². The van der Waals surface area contributed by atoms with Crippen LogP contribution in [0.1, 0.15) is 25.7 Å². The van der Waals surface area contributed by atoms with E-state index in [2.05, 4.69) is 16.9 Å². The van der Waals surface area contributed by atoms with E-state index >= 15 is 0 Å². The second kappa shape index (κ2) is 7.17. The maximum Gasteiger partial charge on any atom is 0.310 e. The smallest absolute Gasteiger partial charge is 0.310 e. The number of thioether (sulfide) groups is 1. The van der Waals surface area contributed by atoms with Gasteiger partial charge in [0.2, 0.25) is 0 Å². The first-order valence-electron chi connectivity index (χ1n) is 5.65. The van der Waals surface area contributed by atoms with Gasteiger partial charge in [0.25, 0.3) is 0 Å². The lowest BCUT2D eigenvalue weighted by Gasteiger charge is -2.27. The molecule has 0 unspecified atom stereocenters. The molecule has 0 aromatic carbocycles. The highest BCUT2D eigenvalue weighted by Crippen LogP contribution is 2.26. The van der Waals surface area contributed by atoms with Gasteiger partial charge in [-0.2, -0.15) is 17.0 Å². The average molecular weight is 255 g/mol. The van der Waals surface area contributed by atoms with Gasteiger partial charge in [-0.25, -0.2) is 0 Å². The molecule has 2 amide bonds. The molecule has 0 aromatic heterocycles. The van der Waals surface area contributed by atoms with Gasteiger partial charge in [-0.05, 0) is 31.9 Å². The molecule has 1 saturated carbocycles. The van der Waals surface area contributed by atoms with Crippen LogP contribution in [0.25, 0.3) is 0 Å². The Hall–Kier alpha value is -1.22. The van der Waals surface area contributed by atoms with Crippen molar-refractivity contribution in [2.45, 2.75) is 37.0 Å². The molecule has 0 spiro atoms. The number of nitrogens with one attached hydrogen (secondary N) is 2. The molecule has 6 heteroatoms. The summed E-state index contributed by atoms with van der Waals surface area (Å²) in [7, 11) is 0. The molecule has 94 valence electrons. The molecule has 0 bridgehead atoms. The molecule has 1 fully saturated rings. The molecule has 5 nitrogen and oxygen atoms in total. The van der Waals surface area contributed by atoms with Crippen LogP contribution in [-0.2, 0) is 9.59 Å². The molecule has 0 atom stereocenters. The Morgan fingerprint density at radius 2 is 1.94 bits per heavy atom. The third-order valence-corrected chi connectivity index (χ3v) is 4.02. The van der Waals surface area contributed by atoms with E-state index in [9.17, 15) is 9.59 Å². The van der Waals surface area contributed by atoms with Crippen LogP contribution in [0.15, 0.2) is 0 Å². The highest BCUT2D eigenvalue weighted by Gasteiger charge is 2.23. The van der Waals surface area contributed by atoms with Crippen LogP contribution in [0.5, 0.6) is 0 Å². The van der Waals surface area contributed by atoms with Gasteiger partial charge < -0.3 is 10.6 Å². The Kier molecular flexibility index (Phi) is 5.84. The summed E-state index contributed by atoms with van der Waals surface area (Å²) in [5, 5.41) is 13.9. The maximum atomic E-state index is 11.4. The molecule has 1 aliphatic rings. The standard InChI is InChI=1S/C11H17N3O2S/c1-17-9-4-2-8(3-5-9)14-11(16)10(15)13-7-6-12/h8-9H,2-5,7H2,1H3,(H,13,15)(H,14,16). The molecule has 0 aromatic rings. The fraction of sp³-hybridized carbons (Fsp3) is 0.727. The van der Waals surface area contributed by atoms with Crippen molar-refractivity contribution in [3.05, 3.63) is 0 Å². The molecule has 1 aliphatic carbocycles. The van der Waals surface area contributed by atoms with Crippen molar-refractivity contribution in [1.82, 2.24) is 10.6 Å². The zero-order valence-electron chi connectivity index (χ0n) is 9.86. The van der Waals surface area contributed by atoms with E-state index in [0.29, 0.717) is 5.25 Å². The second-order valence-corrected chi connectivity index (χ2v) is 5.16. The summed E-state index contributed by atoms with van der Waals surface area (Å²) in [6, 6.07) is 1.85. The summed E-state index contributed by atoms with van der Waals surface area (Å²) < 4.78 is 0. The van der Waals surface area contributed by atoms with Gasteiger partial charge in [-0.3, -0.25) is 9.59 Å². The summed E-state index contributed by atoms with van der Waals surface area (Å²) in [4.78, 5) is 22.6. The van der Waals surface area contributed by atoms with E-state index in [1.807, 2.05) is 11.8 Å². The Bertz CT molecular complexity index is 319. The summed E-state index contributed by atoms with van der Waals surface area (Å²) >= 11 is 1.86. The van der Waals surface area contributed by atoms with Crippen molar-refractivity contribution >= 4 is 23.6 Å². The second-order valence-electron chi connectivity index (χ2n) is 4.02. The highest BCUT2D eigenvalue weighted by atomic mass is 32.2. The molecule has 1 rings (SSSR count). The number of carbonyl (C=O) groups is 2. The van der Waals surface area contributed by atoms with Crippen LogP contribution in [0.4, 0.5) is 0 Å². The molecule has 17 heavy (non-hydrogen) atoms. The summed E-state index contributed by atoms with van der Waals surface area (Å²) in [5.74, 6) is -1.36. The minimum absolute atomic E-state index is 0.0961. The van der Waals surface area contributed by atoms with Crippen molar-refractivity contribution in [2.75, 3.05) is 12.8 Å². The molecule has 0 aliphatic heterocycles. The van der Waals surface area contributed by atoms with Crippen molar-refractivity contribution < 1.29 is 9.59 Å². The van der Waals surface area contributed by atoms with Gasteiger partial charge in [-0.1, -0.05) is 0 Å². The molecule has 0 saturated heterocycles. The van der Waals surface area contributed by atoms with Crippen LogP contribution in [-0.4, -0.2) is 35.9 Å². The topological polar surface area (TPSA) is 82.0 Å². The van der Waals surface area contributed by atoms with Gasteiger partial charge in [0, 0.05) is 11.3 Å². The Balaban J connectivity index is 2.28. The summed E-state index contributed by atoms with van der Waals surface area (Å²) in [5.41, 5.74) is 0. The number of nitrogens with zero attached hydrogens (tertiary/aromatic N) is 1. The first-order valence-corrected chi connectivity index (χ1v) is 6.94. The number of rotatable bonds is 3. The first kappa shape index (κ1) is 13.8. The lowest BCUT2D eigenvalue weighted by molar-refractivity contribution is -0.139. The minimum Gasteiger partial charge on any atom is -0.345 e. The van der Waals surface area contributed by atoms with E-state index in [-0.39, 0.29) is 12.6 Å². The van der Waals surface area contributed by atoms with E-state index in [0.717, 1.165) is 25.7 Å². The number of amides is 2.